The molecular formula is C17H16N4O2S2. The SMILES string of the molecule is CCO/N=C1\CCOc2sc(-c3sc(-c4cccnc4)nc3C)nc21. The van der Waals surface area contributed by atoms with E-state index in [1.54, 1.807) is 17.5 Å². The lowest BCUT2D eigenvalue weighted by atomic mass is 10.2. The van der Waals surface area contributed by atoms with Crippen LogP contribution in [0.15, 0.2) is 29.7 Å². The van der Waals surface area contributed by atoms with Crippen LogP contribution >= 0.6 is 22.7 Å². The molecule has 0 amide bonds. The molecule has 0 atom stereocenters. The highest BCUT2D eigenvalue weighted by molar-refractivity contribution is 7.24. The van der Waals surface area contributed by atoms with E-state index in [9.17, 15) is 0 Å². The summed E-state index contributed by atoms with van der Waals surface area (Å²) >= 11 is 3.15. The lowest BCUT2D eigenvalue weighted by Crippen LogP contribution is -2.15. The molecule has 4 heterocycles. The van der Waals surface area contributed by atoms with Crippen LogP contribution in [-0.4, -0.2) is 33.9 Å². The topological polar surface area (TPSA) is 69.5 Å². The molecule has 3 aromatic heterocycles. The predicted octanol–water partition coefficient (Wildman–Crippen LogP) is 4.16. The van der Waals surface area contributed by atoms with Crippen LogP contribution in [0.25, 0.3) is 20.5 Å². The first-order chi connectivity index (χ1) is 12.3. The van der Waals surface area contributed by atoms with Crippen LogP contribution in [0.2, 0.25) is 0 Å². The lowest BCUT2D eigenvalue weighted by Gasteiger charge is -2.12. The van der Waals surface area contributed by atoms with Crippen molar-refractivity contribution in [2.75, 3.05) is 13.2 Å². The molecular weight excluding hydrogens is 356 g/mol. The van der Waals surface area contributed by atoms with Crippen molar-refractivity contribution in [3.8, 4) is 25.5 Å². The summed E-state index contributed by atoms with van der Waals surface area (Å²) < 4.78 is 5.76. The van der Waals surface area contributed by atoms with E-state index in [-0.39, 0.29) is 0 Å². The minimum atomic E-state index is 0.541. The third kappa shape index (κ3) is 3.14. The number of hydrogen-bond donors (Lipinski definition) is 0. The number of thiazole rings is 2. The van der Waals surface area contributed by atoms with E-state index in [1.807, 2.05) is 32.2 Å². The standard InChI is InChI=1S/C17H16N4O2S2/c1-3-23-21-12-6-8-22-17-13(12)20-16(25-17)14-10(2)19-15(24-14)11-5-4-7-18-9-11/h4-5,7,9H,3,6,8H2,1-2H3/b21-12+. The van der Waals surface area contributed by atoms with Gasteiger partial charge in [0.2, 0.25) is 5.06 Å². The highest BCUT2D eigenvalue weighted by atomic mass is 32.1. The van der Waals surface area contributed by atoms with Gasteiger partial charge in [-0.05, 0) is 26.0 Å². The highest BCUT2D eigenvalue weighted by Crippen LogP contribution is 2.42. The molecule has 25 heavy (non-hydrogen) atoms. The third-order valence-electron chi connectivity index (χ3n) is 3.64. The molecule has 6 nitrogen and oxygen atoms in total. The Kier molecular flexibility index (Phi) is 4.46. The molecule has 8 heteroatoms. The van der Waals surface area contributed by atoms with E-state index >= 15 is 0 Å². The van der Waals surface area contributed by atoms with Crippen molar-refractivity contribution in [1.29, 1.82) is 0 Å². The third-order valence-corrected chi connectivity index (χ3v) is 5.97. The van der Waals surface area contributed by atoms with Gasteiger partial charge >= 0.3 is 0 Å². The molecule has 1 aliphatic heterocycles. The van der Waals surface area contributed by atoms with Crippen molar-refractivity contribution < 1.29 is 9.57 Å². The highest BCUT2D eigenvalue weighted by Gasteiger charge is 2.25. The maximum Gasteiger partial charge on any atom is 0.204 e. The second-order valence-electron chi connectivity index (χ2n) is 5.38. The molecule has 0 saturated heterocycles. The van der Waals surface area contributed by atoms with Crippen LogP contribution in [0, 0.1) is 6.92 Å². The lowest BCUT2D eigenvalue weighted by molar-refractivity contribution is 0.157. The van der Waals surface area contributed by atoms with Gasteiger partial charge in [0.15, 0.2) is 0 Å². The maximum absolute atomic E-state index is 5.76. The van der Waals surface area contributed by atoms with E-state index in [2.05, 4.69) is 15.1 Å². The summed E-state index contributed by atoms with van der Waals surface area (Å²) in [6.45, 7) is 5.06. The molecule has 0 unspecified atom stereocenters. The predicted molar refractivity (Wildman–Crippen MR) is 99.5 cm³/mol. The number of ether oxygens (including phenoxy) is 1. The summed E-state index contributed by atoms with van der Waals surface area (Å²) in [4.78, 5) is 19.9. The van der Waals surface area contributed by atoms with E-state index in [1.165, 1.54) is 11.3 Å². The number of aryl methyl sites for hydroxylation is 1. The van der Waals surface area contributed by atoms with Crippen LogP contribution in [0.5, 0.6) is 5.06 Å². The first kappa shape index (κ1) is 16.2. The Morgan fingerprint density at radius 3 is 3.00 bits per heavy atom. The molecule has 1 aliphatic rings. The summed E-state index contributed by atoms with van der Waals surface area (Å²) in [5.41, 5.74) is 3.60. The Balaban J connectivity index is 1.72. The number of fused-ring (bicyclic) bond motifs is 1. The van der Waals surface area contributed by atoms with Crippen molar-refractivity contribution >= 4 is 28.4 Å². The van der Waals surface area contributed by atoms with Crippen LogP contribution in [0.3, 0.4) is 0 Å². The fourth-order valence-corrected chi connectivity index (χ4v) is 4.63. The fraction of sp³-hybridized carbons (Fsp3) is 0.294. The summed E-state index contributed by atoms with van der Waals surface area (Å²) in [5.74, 6) is 0. The van der Waals surface area contributed by atoms with Gasteiger partial charge in [-0.15, -0.1) is 11.3 Å². The van der Waals surface area contributed by atoms with Gasteiger partial charge in [-0.3, -0.25) is 4.98 Å². The number of rotatable bonds is 4. The monoisotopic (exact) mass is 372 g/mol. The minimum Gasteiger partial charge on any atom is -0.482 e. The van der Waals surface area contributed by atoms with Crippen molar-refractivity contribution in [3.05, 3.63) is 35.9 Å². The van der Waals surface area contributed by atoms with Crippen molar-refractivity contribution in [3.63, 3.8) is 0 Å². The quantitative estimate of drug-likeness (QED) is 0.643. The van der Waals surface area contributed by atoms with Gasteiger partial charge in [-0.2, -0.15) is 0 Å². The minimum absolute atomic E-state index is 0.541. The van der Waals surface area contributed by atoms with Gasteiger partial charge in [0.05, 0.1) is 17.2 Å². The molecule has 0 saturated carbocycles. The Morgan fingerprint density at radius 2 is 2.20 bits per heavy atom. The van der Waals surface area contributed by atoms with Gasteiger partial charge < -0.3 is 9.57 Å². The number of pyridine rings is 1. The Labute approximate surface area is 153 Å². The van der Waals surface area contributed by atoms with Crippen molar-refractivity contribution in [2.24, 2.45) is 5.16 Å². The molecule has 4 rings (SSSR count). The van der Waals surface area contributed by atoms with Gasteiger partial charge in [-0.1, -0.05) is 16.5 Å². The van der Waals surface area contributed by atoms with Crippen LogP contribution < -0.4 is 4.74 Å². The van der Waals surface area contributed by atoms with Crippen molar-refractivity contribution in [2.45, 2.75) is 20.3 Å². The van der Waals surface area contributed by atoms with Gasteiger partial charge in [0.25, 0.3) is 0 Å². The molecule has 0 aromatic carbocycles. The van der Waals surface area contributed by atoms with Crippen LogP contribution in [0.1, 0.15) is 24.7 Å². The average molecular weight is 372 g/mol. The average Bonchev–Trinajstić information content (AvgIpc) is 3.24. The van der Waals surface area contributed by atoms with E-state index < -0.39 is 0 Å². The normalized spacial score (nSPS) is 15.0. The first-order valence-corrected chi connectivity index (χ1v) is 9.60. The van der Waals surface area contributed by atoms with Crippen LogP contribution in [-0.2, 0) is 4.84 Å². The summed E-state index contributed by atoms with van der Waals surface area (Å²) in [6, 6.07) is 3.93. The molecule has 0 fully saturated rings. The van der Waals surface area contributed by atoms with Gasteiger partial charge in [0, 0.05) is 24.4 Å². The second-order valence-corrected chi connectivity index (χ2v) is 7.35. The Morgan fingerprint density at radius 1 is 1.28 bits per heavy atom. The Bertz CT molecular complexity index is 918. The molecule has 0 bridgehead atoms. The van der Waals surface area contributed by atoms with Gasteiger partial charge in [-0.25, -0.2) is 9.97 Å². The van der Waals surface area contributed by atoms with Gasteiger partial charge in [0.1, 0.15) is 28.0 Å². The summed E-state index contributed by atoms with van der Waals surface area (Å²) in [5, 5.41) is 6.83. The zero-order chi connectivity index (χ0) is 17.2. The number of aromatic nitrogens is 3. The molecule has 0 N–H and O–H groups in total. The van der Waals surface area contributed by atoms with E-state index in [4.69, 9.17) is 14.6 Å². The molecule has 0 radical (unpaired) electrons. The summed E-state index contributed by atoms with van der Waals surface area (Å²) in [6.07, 6.45) is 4.29. The number of oxime groups is 1. The zero-order valence-electron chi connectivity index (χ0n) is 13.9. The van der Waals surface area contributed by atoms with Crippen molar-refractivity contribution in [1.82, 2.24) is 15.0 Å². The fourth-order valence-electron chi connectivity index (χ4n) is 2.48. The Hall–Kier alpha value is -2.32. The van der Waals surface area contributed by atoms with E-state index in [0.29, 0.717) is 19.6 Å². The maximum atomic E-state index is 5.76. The molecule has 128 valence electrons. The molecule has 3 aromatic rings. The van der Waals surface area contributed by atoms with E-state index in [0.717, 1.165) is 42.6 Å². The number of hydrogen-bond acceptors (Lipinski definition) is 8. The molecule has 0 spiro atoms. The molecule has 0 aliphatic carbocycles. The second kappa shape index (κ2) is 6.89. The number of nitrogens with zero attached hydrogens (tertiary/aromatic N) is 4. The largest absolute Gasteiger partial charge is 0.482 e. The van der Waals surface area contributed by atoms with Crippen LogP contribution in [0.4, 0.5) is 0 Å². The smallest absolute Gasteiger partial charge is 0.204 e. The first-order valence-electron chi connectivity index (χ1n) is 7.97. The zero-order valence-corrected chi connectivity index (χ0v) is 15.5. The summed E-state index contributed by atoms with van der Waals surface area (Å²) in [7, 11) is 0.